The normalized spacial score (nSPS) is 49.2. The summed E-state index contributed by atoms with van der Waals surface area (Å²) < 4.78 is 5.83. The van der Waals surface area contributed by atoms with E-state index >= 15 is 0 Å². The summed E-state index contributed by atoms with van der Waals surface area (Å²) in [4.78, 5) is 25.4. The average Bonchev–Trinajstić information content (AvgIpc) is 3.01. The number of carbonyl (C=O) groups excluding carboxylic acids is 2. The van der Waals surface area contributed by atoms with Gasteiger partial charge in [0.25, 0.3) is 0 Å². The smallest absolute Gasteiger partial charge is 0.308 e. The Labute approximate surface area is 180 Å². The lowest BCUT2D eigenvalue weighted by Gasteiger charge is -2.60. The number of aliphatic hydroxyl groups excluding tert-OH is 2. The Morgan fingerprint density at radius 1 is 1.03 bits per heavy atom. The van der Waals surface area contributed by atoms with Crippen molar-refractivity contribution in [2.75, 3.05) is 0 Å². The van der Waals surface area contributed by atoms with E-state index in [1.165, 1.54) is 0 Å². The van der Waals surface area contributed by atoms with Crippen molar-refractivity contribution in [3.05, 3.63) is 0 Å². The van der Waals surface area contributed by atoms with Crippen LogP contribution in [0.1, 0.15) is 79.6 Å². The number of hydrogen-bond acceptors (Lipinski definition) is 5. The van der Waals surface area contributed by atoms with Gasteiger partial charge in [-0.05, 0) is 74.0 Å². The minimum absolute atomic E-state index is 0.0914. The number of carbonyl (C=O) groups is 2. The van der Waals surface area contributed by atoms with E-state index in [2.05, 4.69) is 13.8 Å². The number of aliphatic hydroxyl groups is 2. The third-order valence-electron chi connectivity index (χ3n) is 9.89. The highest BCUT2D eigenvalue weighted by molar-refractivity contribution is 5.83. The molecule has 170 valence electrons. The highest BCUT2D eigenvalue weighted by atomic mass is 16.5. The van der Waals surface area contributed by atoms with E-state index in [9.17, 15) is 19.8 Å². The summed E-state index contributed by atoms with van der Waals surface area (Å²) in [7, 11) is 0. The van der Waals surface area contributed by atoms with Crippen LogP contribution in [-0.4, -0.2) is 40.3 Å². The third kappa shape index (κ3) is 3.26. The number of rotatable bonds is 3. The number of hydrogen-bond donors (Lipinski definition) is 2. The van der Waals surface area contributed by atoms with E-state index in [0.717, 1.165) is 25.7 Å². The Morgan fingerprint density at radius 2 is 1.70 bits per heavy atom. The molecule has 0 spiro atoms. The monoisotopic (exact) mass is 420 g/mol. The molecule has 4 fully saturated rings. The molecule has 5 nitrogen and oxygen atoms in total. The van der Waals surface area contributed by atoms with Gasteiger partial charge in [0.05, 0.1) is 18.1 Å². The average molecular weight is 421 g/mol. The predicted molar refractivity (Wildman–Crippen MR) is 113 cm³/mol. The zero-order valence-electron chi connectivity index (χ0n) is 19.3. The second kappa shape index (κ2) is 7.58. The fraction of sp³-hybridized carbons (Fsp3) is 0.920. The SMILES string of the molecule is CC(C)C(=O)O[C@H](C)[C@H]1CC[C@H]2[C@@H]3CC(=O)[C@H]4C[C@H](O)[C@H](O)C[C@]4(C)[C@H]3CC[C@]12C. The molecule has 10 atom stereocenters. The molecule has 0 heterocycles. The van der Waals surface area contributed by atoms with Crippen molar-refractivity contribution in [2.24, 2.45) is 46.3 Å². The van der Waals surface area contributed by atoms with E-state index in [1.54, 1.807) is 0 Å². The maximum atomic E-state index is 13.2. The number of ether oxygens (including phenoxy) is 1. The van der Waals surface area contributed by atoms with Crippen LogP contribution in [0.25, 0.3) is 0 Å². The van der Waals surface area contributed by atoms with Crippen molar-refractivity contribution in [1.29, 1.82) is 0 Å². The number of ketones is 1. The molecular weight excluding hydrogens is 380 g/mol. The summed E-state index contributed by atoms with van der Waals surface area (Å²) >= 11 is 0. The Balaban J connectivity index is 1.57. The van der Waals surface area contributed by atoms with E-state index < -0.39 is 12.2 Å². The number of Topliss-reactive ketones (excluding diaryl/α,β-unsaturated/α-hetero) is 1. The maximum Gasteiger partial charge on any atom is 0.308 e. The second-order valence-electron chi connectivity index (χ2n) is 11.7. The quantitative estimate of drug-likeness (QED) is 0.680. The van der Waals surface area contributed by atoms with Crippen LogP contribution in [0.5, 0.6) is 0 Å². The van der Waals surface area contributed by atoms with Crippen molar-refractivity contribution >= 4 is 11.8 Å². The van der Waals surface area contributed by atoms with Crippen molar-refractivity contribution < 1.29 is 24.5 Å². The maximum absolute atomic E-state index is 13.2. The summed E-state index contributed by atoms with van der Waals surface area (Å²) in [5.41, 5.74) is -0.123. The van der Waals surface area contributed by atoms with Crippen molar-refractivity contribution in [1.82, 2.24) is 0 Å². The van der Waals surface area contributed by atoms with E-state index in [4.69, 9.17) is 4.74 Å². The van der Waals surface area contributed by atoms with Crippen LogP contribution in [0, 0.1) is 46.3 Å². The van der Waals surface area contributed by atoms with Gasteiger partial charge in [0, 0.05) is 18.3 Å². The summed E-state index contributed by atoms with van der Waals surface area (Å²) in [5, 5.41) is 20.6. The first-order valence-electron chi connectivity index (χ1n) is 12.1. The zero-order chi connectivity index (χ0) is 22.0. The molecule has 0 bridgehead atoms. The molecular formula is C25H40O5. The molecule has 4 aliphatic carbocycles. The van der Waals surface area contributed by atoms with Crippen molar-refractivity contribution in [2.45, 2.75) is 97.9 Å². The molecule has 4 rings (SSSR count). The van der Waals surface area contributed by atoms with Gasteiger partial charge in [-0.2, -0.15) is 0 Å². The second-order valence-corrected chi connectivity index (χ2v) is 11.7. The third-order valence-corrected chi connectivity index (χ3v) is 9.89. The topological polar surface area (TPSA) is 83.8 Å². The molecule has 0 saturated heterocycles. The Kier molecular flexibility index (Phi) is 5.63. The van der Waals surface area contributed by atoms with Crippen LogP contribution >= 0.6 is 0 Å². The van der Waals surface area contributed by atoms with E-state index in [1.807, 2.05) is 20.8 Å². The predicted octanol–water partition coefficient (Wildman–Crippen LogP) is 3.74. The summed E-state index contributed by atoms with van der Waals surface area (Å²) in [6.07, 6.45) is 4.24. The summed E-state index contributed by atoms with van der Waals surface area (Å²) in [6, 6.07) is 0. The van der Waals surface area contributed by atoms with Crippen molar-refractivity contribution in [3.63, 3.8) is 0 Å². The zero-order valence-corrected chi connectivity index (χ0v) is 19.3. The molecule has 0 aromatic heterocycles. The van der Waals surface area contributed by atoms with Crippen LogP contribution < -0.4 is 0 Å². The molecule has 0 aliphatic heterocycles. The molecule has 30 heavy (non-hydrogen) atoms. The number of esters is 1. The molecule has 4 aliphatic rings. The van der Waals surface area contributed by atoms with Gasteiger partial charge in [0.2, 0.25) is 0 Å². The van der Waals surface area contributed by atoms with Crippen LogP contribution in [0.2, 0.25) is 0 Å². The first-order valence-corrected chi connectivity index (χ1v) is 12.1. The summed E-state index contributed by atoms with van der Waals surface area (Å²) in [6.45, 7) is 10.4. The van der Waals surface area contributed by atoms with Gasteiger partial charge in [-0.1, -0.05) is 27.7 Å². The van der Waals surface area contributed by atoms with Gasteiger partial charge < -0.3 is 14.9 Å². The first kappa shape index (κ1) is 22.3. The Hall–Kier alpha value is -0.940. The highest BCUT2D eigenvalue weighted by Gasteiger charge is 2.63. The van der Waals surface area contributed by atoms with Crippen LogP contribution in [0.3, 0.4) is 0 Å². The van der Waals surface area contributed by atoms with Gasteiger partial charge in [-0.15, -0.1) is 0 Å². The molecule has 4 saturated carbocycles. The van der Waals surface area contributed by atoms with Gasteiger partial charge in [0.1, 0.15) is 11.9 Å². The first-order chi connectivity index (χ1) is 14.0. The van der Waals surface area contributed by atoms with E-state index in [0.29, 0.717) is 42.9 Å². The largest absolute Gasteiger partial charge is 0.462 e. The fourth-order valence-electron chi connectivity index (χ4n) is 8.28. The van der Waals surface area contributed by atoms with Gasteiger partial charge in [-0.3, -0.25) is 9.59 Å². The standard InChI is InChI=1S/C25H40O5/c1-13(2)23(29)30-14(3)16-6-7-17-15-10-20(26)19-11-21(27)22(28)12-25(19,5)18(15)8-9-24(16,17)4/h13-19,21-22,27-28H,6-12H2,1-5H3/t14-,15+,16-,17+,18+,19-,21+,22-,24-,25-/m1/s1. The van der Waals surface area contributed by atoms with Crippen LogP contribution in [0.4, 0.5) is 0 Å². The highest BCUT2D eigenvalue weighted by Crippen LogP contribution is 2.67. The van der Waals surface area contributed by atoms with Gasteiger partial charge >= 0.3 is 5.97 Å². The van der Waals surface area contributed by atoms with E-state index in [-0.39, 0.29) is 40.5 Å². The Morgan fingerprint density at radius 3 is 2.37 bits per heavy atom. The molecule has 0 unspecified atom stereocenters. The molecule has 0 radical (unpaired) electrons. The van der Waals surface area contributed by atoms with Crippen molar-refractivity contribution in [3.8, 4) is 0 Å². The fourth-order valence-corrected chi connectivity index (χ4v) is 8.28. The lowest BCUT2D eigenvalue weighted by molar-refractivity contribution is -0.176. The number of fused-ring (bicyclic) bond motifs is 5. The minimum atomic E-state index is -0.773. The molecule has 0 amide bonds. The molecule has 2 N–H and O–H groups in total. The molecule has 0 aromatic rings. The molecule has 0 aromatic carbocycles. The van der Waals surface area contributed by atoms with Crippen LogP contribution in [0.15, 0.2) is 0 Å². The van der Waals surface area contributed by atoms with Gasteiger partial charge in [0.15, 0.2) is 0 Å². The van der Waals surface area contributed by atoms with Gasteiger partial charge in [-0.25, -0.2) is 0 Å². The minimum Gasteiger partial charge on any atom is -0.462 e. The lowest BCUT2D eigenvalue weighted by Crippen LogP contribution is -2.59. The Bertz CT molecular complexity index is 704. The molecule has 5 heteroatoms. The summed E-state index contributed by atoms with van der Waals surface area (Å²) in [5.74, 6) is 1.50. The lowest BCUT2D eigenvalue weighted by atomic mass is 9.44. The van der Waals surface area contributed by atoms with Crippen LogP contribution in [-0.2, 0) is 14.3 Å².